The van der Waals surface area contributed by atoms with Crippen molar-refractivity contribution < 1.29 is 82.0 Å². The zero-order chi connectivity index (χ0) is 11.5. The number of rotatable bonds is 5. The van der Waals surface area contributed by atoms with Gasteiger partial charge in [-0.2, -0.15) is 0 Å². The molecule has 0 rings (SSSR count). The number of aliphatic hydroxyl groups is 4. The zero-order valence-electron chi connectivity index (χ0n) is 7.31. The Bertz CT molecular complexity index is 207. The summed E-state index contributed by atoms with van der Waals surface area (Å²) in [6.45, 7) is 0. The van der Waals surface area contributed by atoms with Crippen molar-refractivity contribution in [2.45, 2.75) is 24.4 Å². The Labute approximate surface area is 118 Å². The van der Waals surface area contributed by atoms with Gasteiger partial charge in [0.1, 0.15) is 12.2 Å². The summed E-state index contributed by atoms with van der Waals surface area (Å²) in [6, 6.07) is 0. The van der Waals surface area contributed by atoms with E-state index in [-0.39, 0.29) is 41.7 Å². The first kappa shape index (κ1) is 17.5. The van der Waals surface area contributed by atoms with Gasteiger partial charge in [-0.05, 0) is 0 Å². The van der Waals surface area contributed by atoms with E-state index >= 15 is 0 Å². The third-order valence-corrected chi connectivity index (χ3v) is 1.50. The number of carbonyl (C=O) groups is 2. The molecular weight excluding hydrogens is 340 g/mol. The van der Waals surface area contributed by atoms with E-state index in [4.69, 9.17) is 30.6 Å². The van der Waals surface area contributed by atoms with Crippen molar-refractivity contribution in [1.29, 1.82) is 0 Å². The molecule has 0 bridgehead atoms. The summed E-state index contributed by atoms with van der Waals surface area (Å²) in [7, 11) is 0. The van der Waals surface area contributed by atoms with Crippen LogP contribution >= 0.6 is 0 Å². The molecule has 0 spiro atoms. The average molecular weight is 350 g/mol. The van der Waals surface area contributed by atoms with E-state index in [0.717, 1.165) is 0 Å². The van der Waals surface area contributed by atoms with Gasteiger partial charge in [0.15, 0.2) is 12.2 Å². The van der Waals surface area contributed by atoms with Gasteiger partial charge in [0.05, 0.1) is 0 Å². The van der Waals surface area contributed by atoms with Crippen molar-refractivity contribution in [3.63, 3.8) is 0 Å². The van der Waals surface area contributed by atoms with Crippen molar-refractivity contribution in [3.05, 3.63) is 0 Å². The molecule has 6 N–H and O–H groups in total. The van der Waals surface area contributed by atoms with Crippen LogP contribution in [0.2, 0.25) is 0 Å². The number of aliphatic hydroxyl groups excluding tert-OH is 4. The SMILES string of the molecule is O=C(O)C(O)C(O)C(O)C(O)C(=O)O.[Ce]. The summed E-state index contributed by atoms with van der Waals surface area (Å²) < 4.78 is 0. The second kappa shape index (κ2) is 7.43. The third-order valence-electron chi connectivity index (χ3n) is 1.50. The first-order valence-corrected chi connectivity index (χ1v) is 3.47. The van der Waals surface area contributed by atoms with Crippen LogP contribution in [-0.4, -0.2) is 67.0 Å². The summed E-state index contributed by atoms with van der Waals surface area (Å²) >= 11 is 0. The van der Waals surface area contributed by atoms with Gasteiger partial charge in [0.2, 0.25) is 0 Å². The molecular formula is C6H10CeO8. The molecule has 0 aliphatic carbocycles. The molecule has 9 heteroatoms. The third kappa shape index (κ3) is 5.15. The molecule has 0 aromatic rings. The quantitative estimate of drug-likeness (QED) is 0.300. The Hall–Kier alpha value is 0.157. The Balaban J connectivity index is 0. The van der Waals surface area contributed by atoms with Gasteiger partial charge < -0.3 is 30.6 Å². The first-order valence-electron chi connectivity index (χ1n) is 3.47. The zero-order valence-corrected chi connectivity index (χ0v) is 10.4. The average Bonchev–Trinajstić information content (AvgIpc) is 2.12. The summed E-state index contributed by atoms with van der Waals surface area (Å²) in [4.78, 5) is 20.2. The maximum absolute atomic E-state index is 10.1. The smallest absolute Gasteiger partial charge is 0.335 e. The van der Waals surface area contributed by atoms with E-state index in [0.29, 0.717) is 0 Å². The Morgan fingerprint density at radius 3 is 1.07 bits per heavy atom. The van der Waals surface area contributed by atoms with Crippen LogP contribution in [0, 0.1) is 41.7 Å². The number of hydrogen-bond donors (Lipinski definition) is 6. The Kier molecular flexibility index (Phi) is 8.70. The molecule has 0 saturated carbocycles. The summed E-state index contributed by atoms with van der Waals surface area (Å²) in [5.74, 6) is -3.68. The standard InChI is InChI=1S/C6H10O8.Ce/c7-1(3(9)5(11)12)2(8)4(10)6(13)14;/h1-4,7-10H,(H,11,12)(H,13,14);. The van der Waals surface area contributed by atoms with Gasteiger partial charge in [0.25, 0.3) is 0 Å². The van der Waals surface area contributed by atoms with Gasteiger partial charge >= 0.3 is 11.9 Å². The second-order valence-corrected chi connectivity index (χ2v) is 2.55. The Morgan fingerprint density at radius 1 is 0.733 bits per heavy atom. The summed E-state index contributed by atoms with van der Waals surface area (Å²) in [5, 5.41) is 51.5. The largest absolute Gasteiger partial charge is 0.479 e. The molecule has 0 heterocycles. The monoisotopic (exact) mass is 350 g/mol. The van der Waals surface area contributed by atoms with Crippen molar-refractivity contribution >= 4 is 11.9 Å². The molecule has 0 radical (unpaired) electrons. The fourth-order valence-electron chi connectivity index (χ4n) is 0.666. The van der Waals surface area contributed by atoms with E-state index in [1.54, 1.807) is 0 Å². The van der Waals surface area contributed by atoms with E-state index in [9.17, 15) is 9.59 Å². The molecule has 0 fully saturated rings. The van der Waals surface area contributed by atoms with Crippen LogP contribution in [0.25, 0.3) is 0 Å². The van der Waals surface area contributed by atoms with Crippen LogP contribution in [0.5, 0.6) is 0 Å². The maximum atomic E-state index is 10.1. The van der Waals surface area contributed by atoms with Gasteiger partial charge in [0, 0.05) is 41.7 Å². The first-order chi connectivity index (χ1) is 6.29. The maximum Gasteiger partial charge on any atom is 0.335 e. The molecule has 0 saturated heterocycles. The molecule has 15 heavy (non-hydrogen) atoms. The second-order valence-electron chi connectivity index (χ2n) is 2.55. The van der Waals surface area contributed by atoms with Crippen LogP contribution in [0.4, 0.5) is 0 Å². The van der Waals surface area contributed by atoms with E-state index in [1.165, 1.54) is 0 Å². The number of aliphatic carboxylic acids is 2. The fourth-order valence-corrected chi connectivity index (χ4v) is 0.666. The van der Waals surface area contributed by atoms with Crippen LogP contribution in [-0.2, 0) is 9.59 Å². The van der Waals surface area contributed by atoms with E-state index in [1.807, 2.05) is 0 Å². The molecule has 0 amide bonds. The van der Waals surface area contributed by atoms with Crippen molar-refractivity contribution in [2.24, 2.45) is 0 Å². The number of carboxylic acids is 2. The van der Waals surface area contributed by atoms with Gasteiger partial charge in [-0.25, -0.2) is 9.59 Å². The van der Waals surface area contributed by atoms with Crippen LogP contribution in [0.1, 0.15) is 0 Å². The molecule has 0 aliphatic heterocycles. The van der Waals surface area contributed by atoms with E-state index in [2.05, 4.69) is 0 Å². The number of carboxylic acid groups (broad SMARTS) is 2. The van der Waals surface area contributed by atoms with Crippen molar-refractivity contribution in [3.8, 4) is 0 Å². The number of hydrogen-bond acceptors (Lipinski definition) is 6. The summed E-state index contributed by atoms with van der Waals surface area (Å²) in [5.41, 5.74) is 0. The molecule has 0 aromatic carbocycles. The van der Waals surface area contributed by atoms with Gasteiger partial charge in [-0.15, -0.1) is 0 Å². The Morgan fingerprint density at radius 2 is 0.933 bits per heavy atom. The van der Waals surface area contributed by atoms with Crippen LogP contribution < -0.4 is 0 Å². The minimum Gasteiger partial charge on any atom is -0.479 e. The van der Waals surface area contributed by atoms with Crippen molar-refractivity contribution in [2.75, 3.05) is 0 Å². The minimum atomic E-state index is -2.36. The predicted molar refractivity (Wildman–Crippen MR) is 39.3 cm³/mol. The molecule has 4 unspecified atom stereocenters. The van der Waals surface area contributed by atoms with Crippen LogP contribution in [0.3, 0.4) is 0 Å². The molecule has 0 aromatic heterocycles. The predicted octanol–water partition coefficient (Wildman–Crippen LogP) is -3.40. The molecule has 4 atom stereocenters. The minimum absolute atomic E-state index is 0. The fraction of sp³-hybridized carbons (Fsp3) is 0.667. The molecule has 0 aliphatic rings. The summed E-state index contributed by atoms with van der Waals surface area (Å²) in [6.07, 6.45) is -9.28. The molecule has 8 nitrogen and oxygen atoms in total. The van der Waals surface area contributed by atoms with Crippen molar-refractivity contribution in [1.82, 2.24) is 0 Å². The van der Waals surface area contributed by atoms with Crippen LogP contribution in [0.15, 0.2) is 0 Å². The topological polar surface area (TPSA) is 156 Å². The molecule has 86 valence electrons. The normalized spacial score (nSPS) is 18.1. The van der Waals surface area contributed by atoms with Gasteiger partial charge in [-0.3, -0.25) is 0 Å². The van der Waals surface area contributed by atoms with E-state index < -0.39 is 36.4 Å². The van der Waals surface area contributed by atoms with Gasteiger partial charge in [-0.1, -0.05) is 0 Å².